The van der Waals surface area contributed by atoms with E-state index in [9.17, 15) is 49.2 Å². The highest BCUT2D eigenvalue weighted by atomic mass is 35.5. The maximum atomic E-state index is 13.5. The number of rotatable bonds is 25. The lowest BCUT2D eigenvalue weighted by atomic mass is 10.1. The maximum Gasteiger partial charge on any atom is 0.291 e. The average Bonchev–Trinajstić information content (AvgIpc) is 1.78. The first-order valence-corrected chi connectivity index (χ1v) is 29.2. The van der Waals surface area contributed by atoms with Gasteiger partial charge in [0.2, 0.25) is 11.7 Å². The van der Waals surface area contributed by atoms with E-state index < -0.39 is 41.3 Å². The summed E-state index contributed by atoms with van der Waals surface area (Å²) in [5, 5.41) is 61.7. The molecule has 0 aliphatic rings. The fraction of sp³-hybridized carbons (Fsp3) is 0.271. The molecule has 8 aromatic heterocycles. The lowest BCUT2D eigenvalue weighted by molar-refractivity contribution is 0.0937. The molecule has 29 nitrogen and oxygen atoms in total. The third-order valence-electron chi connectivity index (χ3n) is 14.0. The summed E-state index contributed by atoms with van der Waals surface area (Å²) in [6.45, 7) is 1.63. The number of anilines is 4. The molecule has 90 heavy (non-hydrogen) atoms. The van der Waals surface area contributed by atoms with Gasteiger partial charge < -0.3 is 89.6 Å². The van der Waals surface area contributed by atoms with Crippen LogP contribution in [0.15, 0.2) is 106 Å². The monoisotopic (exact) mass is 1270 g/mol. The van der Waals surface area contributed by atoms with Gasteiger partial charge in [-0.05, 0) is 87.4 Å². The third kappa shape index (κ3) is 15.2. The summed E-state index contributed by atoms with van der Waals surface area (Å²) in [6.07, 6.45) is 10.5. The fourth-order valence-corrected chi connectivity index (χ4v) is 10.6. The molecule has 8 heterocycles. The number of H-pyrrole nitrogens is 1. The Balaban J connectivity index is 0.713. The number of benzene rings is 1. The number of nitrogens with one attached hydrogen (secondary N) is 7. The number of aromatic amines is 1. The zero-order valence-corrected chi connectivity index (χ0v) is 51.8. The third-order valence-corrected chi connectivity index (χ3v) is 15.4. The molecule has 0 aliphatic carbocycles. The molecule has 0 atom stereocenters. The van der Waals surface area contributed by atoms with Gasteiger partial charge in [0.05, 0.1) is 55.6 Å². The second-order valence-corrected chi connectivity index (χ2v) is 22.6. The number of aliphatic hydroxyl groups excluding tert-OH is 3. The molecule has 0 saturated carbocycles. The number of aliphatic imine (C=N–C) groups is 3. The number of aromatic nitrogens is 9. The number of aromatic hydroxyl groups is 1. The van der Waals surface area contributed by atoms with E-state index in [1.165, 1.54) is 89.2 Å². The Labute approximate surface area is 523 Å². The number of halogens is 1. The molecular formula is C59H66ClN19O10S. The van der Waals surface area contributed by atoms with Crippen molar-refractivity contribution in [2.24, 2.45) is 57.3 Å². The van der Waals surface area contributed by atoms with Gasteiger partial charge in [-0.15, -0.1) is 11.3 Å². The number of imidazole rings is 2. The van der Waals surface area contributed by atoms with E-state index in [4.69, 9.17) is 11.6 Å². The number of aryl methyl sites for hydroxylation is 6. The van der Waals surface area contributed by atoms with Gasteiger partial charge in [-0.2, -0.15) is 4.99 Å². The van der Waals surface area contributed by atoms with Crippen LogP contribution in [-0.4, -0.2) is 161 Å². The highest BCUT2D eigenvalue weighted by Gasteiger charge is 2.23. The maximum absolute atomic E-state index is 13.5. The predicted octanol–water partition coefficient (Wildman–Crippen LogP) is 7.55. The van der Waals surface area contributed by atoms with E-state index in [1.807, 2.05) is 24.4 Å². The first-order valence-electron chi connectivity index (χ1n) is 27.9. The van der Waals surface area contributed by atoms with E-state index in [0.717, 1.165) is 13.0 Å². The summed E-state index contributed by atoms with van der Waals surface area (Å²) in [4.78, 5) is 107. The lowest BCUT2D eigenvalue weighted by Crippen LogP contribution is -2.27. The van der Waals surface area contributed by atoms with Crippen LogP contribution in [0.25, 0.3) is 21.7 Å². The molecule has 6 amide bonds. The molecule has 0 unspecified atom stereocenters. The number of carbonyl (C=O) groups excluding carboxylic acids is 6. The molecule has 0 saturated heterocycles. The van der Waals surface area contributed by atoms with Crippen molar-refractivity contribution in [1.29, 1.82) is 0 Å². The van der Waals surface area contributed by atoms with Gasteiger partial charge in [0.15, 0.2) is 23.4 Å². The largest absolute Gasteiger partial charge is 0.505 e. The van der Waals surface area contributed by atoms with Gasteiger partial charge >= 0.3 is 0 Å². The molecule has 11 N–H and O–H groups in total. The van der Waals surface area contributed by atoms with Gasteiger partial charge in [-0.25, -0.2) is 15.0 Å². The molecular weight excluding hydrogens is 1200 g/mol. The number of carbonyl (C=O) groups is 6. The smallest absolute Gasteiger partial charge is 0.291 e. The van der Waals surface area contributed by atoms with Gasteiger partial charge in [-0.3, -0.25) is 33.8 Å². The fourth-order valence-electron chi connectivity index (χ4n) is 9.53. The van der Waals surface area contributed by atoms with Crippen molar-refractivity contribution in [1.82, 2.24) is 57.9 Å². The topological polar surface area (TPSA) is 367 Å². The van der Waals surface area contributed by atoms with Crippen LogP contribution >= 0.6 is 22.9 Å². The van der Waals surface area contributed by atoms with Crippen molar-refractivity contribution in [2.75, 3.05) is 61.5 Å². The molecule has 0 aliphatic heterocycles. The van der Waals surface area contributed by atoms with Crippen LogP contribution in [0.2, 0.25) is 5.02 Å². The lowest BCUT2D eigenvalue weighted by Gasteiger charge is -2.07. The zero-order valence-electron chi connectivity index (χ0n) is 50.2. The van der Waals surface area contributed by atoms with E-state index >= 15 is 0 Å². The van der Waals surface area contributed by atoms with Crippen molar-refractivity contribution in [3.63, 3.8) is 0 Å². The van der Waals surface area contributed by atoms with Crippen molar-refractivity contribution in [3.8, 4) is 16.5 Å². The molecule has 9 rings (SSSR count). The number of nitrogens with zero attached hydrogens (tertiary/aromatic N) is 12. The van der Waals surface area contributed by atoms with Crippen LogP contribution in [0, 0.1) is 0 Å². The molecule has 470 valence electrons. The Morgan fingerprint density at radius 2 is 1.12 bits per heavy atom. The number of fused-ring (bicyclic) bond motifs is 1. The number of aliphatic hydroxyl groups is 3. The van der Waals surface area contributed by atoms with E-state index in [-0.39, 0.29) is 112 Å². The van der Waals surface area contributed by atoms with Crippen LogP contribution in [0.5, 0.6) is 5.75 Å². The summed E-state index contributed by atoms with van der Waals surface area (Å²) in [5.74, 6) is -3.71. The Morgan fingerprint density at radius 1 is 0.600 bits per heavy atom. The minimum atomic E-state index is -0.630. The van der Waals surface area contributed by atoms with Gasteiger partial charge in [0.1, 0.15) is 39.8 Å². The Hall–Kier alpha value is -10.7. The molecule has 0 spiro atoms. The summed E-state index contributed by atoms with van der Waals surface area (Å²) < 4.78 is 9.07. The zero-order chi connectivity index (χ0) is 64.7. The highest BCUT2D eigenvalue weighted by Crippen LogP contribution is 2.36. The van der Waals surface area contributed by atoms with Crippen LogP contribution in [-0.2, 0) is 42.3 Å². The van der Waals surface area contributed by atoms with Crippen molar-refractivity contribution in [3.05, 3.63) is 136 Å². The molecule has 0 fully saturated rings. The SMILES string of the molecule is CN(C)CCCN=C(O)CCNC(=O)c1cc(NC(=O)c2cc(NC(=O)c3cc(NC(=O)c4nc(N=C(O)CCCNC(=O)c5cc(NC(=O)c6cc(N=C(O)c7ccc8nc(-c9sccc9Cl)[nH]c8c7O)cn6C)cn5C)cn4C)cn3C)cn2C)cn1C. The molecule has 31 heteroatoms. The number of thiophene rings is 1. The van der Waals surface area contributed by atoms with Crippen molar-refractivity contribution in [2.45, 2.75) is 25.7 Å². The van der Waals surface area contributed by atoms with Crippen molar-refractivity contribution >= 4 is 121 Å². The van der Waals surface area contributed by atoms with Crippen LogP contribution in [0.1, 0.15) is 94.3 Å². The van der Waals surface area contributed by atoms with E-state index in [1.54, 1.807) is 77.6 Å². The number of hydrogen-bond donors (Lipinski definition) is 11. The van der Waals surface area contributed by atoms with Crippen LogP contribution in [0.4, 0.5) is 34.3 Å². The van der Waals surface area contributed by atoms with Crippen LogP contribution in [0.3, 0.4) is 0 Å². The van der Waals surface area contributed by atoms with E-state index in [0.29, 0.717) is 44.8 Å². The Bertz CT molecular complexity index is 4310. The summed E-state index contributed by atoms with van der Waals surface area (Å²) in [7, 11) is 13.7. The summed E-state index contributed by atoms with van der Waals surface area (Å²) >= 11 is 7.66. The van der Waals surface area contributed by atoms with E-state index in [2.05, 4.69) is 61.8 Å². The number of hydrogen-bond acceptors (Lipinski definition) is 14. The molecule has 0 bridgehead atoms. The summed E-state index contributed by atoms with van der Waals surface area (Å²) in [5.41, 5.74) is 3.33. The standard InChI is InChI=1S/C59H66ClN19O10S/c1-73(2)19-10-17-61-46(80)14-18-63-55(85)41-22-34(28-75(41)4)66-57(87)43-24-35(29-77(43)6)67-58(88)44-25-36(30-78(44)7)68-59(89)52-71-45(31-79(52)8)70-47(81)11-9-16-62-54(84)40-21-33(27-74(40)3)65-56(86)42-23-32(26-76(42)5)64-53(83)37-12-13-39-48(49(37)82)72-51(69-39)50-38(60)15-20-90-50/h12-13,15,20-31,82H,9-11,14,16-19H2,1-8H3,(H,61,80)(H,62,84)(H,63,85)(H,64,83)(H,65,86)(H,66,87)(H,67,88)(H,68,89)(H,69,72)(H,70,81). The first-order chi connectivity index (χ1) is 42.9. The predicted molar refractivity (Wildman–Crippen MR) is 343 cm³/mol. The Morgan fingerprint density at radius 3 is 1.67 bits per heavy atom. The molecule has 9 aromatic rings. The van der Waals surface area contributed by atoms with Crippen molar-refractivity contribution < 1.29 is 49.2 Å². The number of phenolic OH excluding ortho intramolecular Hbond substituents is 1. The summed E-state index contributed by atoms with van der Waals surface area (Å²) in [6, 6.07) is 12.3. The quantitative estimate of drug-likeness (QED) is 0.0150. The highest BCUT2D eigenvalue weighted by molar-refractivity contribution is 7.14. The number of phenols is 1. The normalized spacial score (nSPS) is 12.0. The van der Waals surface area contributed by atoms with Gasteiger partial charge in [-0.1, -0.05) is 11.6 Å². The van der Waals surface area contributed by atoms with Gasteiger partial charge in [0.25, 0.3) is 35.4 Å². The molecule has 1 aromatic carbocycles. The second kappa shape index (κ2) is 27.5. The second-order valence-electron chi connectivity index (χ2n) is 21.3. The Kier molecular flexibility index (Phi) is 19.5. The average molecular weight is 1270 g/mol. The number of amides is 6. The van der Waals surface area contributed by atoms with Gasteiger partial charge in [0, 0.05) is 106 Å². The molecule has 0 radical (unpaired) electrons. The minimum Gasteiger partial charge on any atom is -0.505 e. The van der Waals surface area contributed by atoms with Crippen LogP contribution < -0.4 is 31.9 Å². The minimum absolute atomic E-state index is 0.0325. The first kappa shape index (κ1) is 63.8.